The van der Waals surface area contributed by atoms with Gasteiger partial charge >= 0.3 is 6.18 Å². The van der Waals surface area contributed by atoms with Crippen LogP contribution in [0.2, 0.25) is 0 Å². The minimum absolute atomic E-state index is 0.0417. The number of rotatable bonds is 6. The molecule has 2 atom stereocenters. The van der Waals surface area contributed by atoms with E-state index in [9.17, 15) is 22.7 Å². The fourth-order valence-corrected chi connectivity index (χ4v) is 2.83. The molecule has 0 fully saturated rings. The van der Waals surface area contributed by atoms with E-state index in [-0.39, 0.29) is 48.6 Å². The van der Waals surface area contributed by atoms with Gasteiger partial charge in [-0.3, -0.25) is 0 Å². The van der Waals surface area contributed by atoms with E-state index in [1.807, 2.05) is 13.8 Å². The number of nitrogens with one attached hydrogen (secondary N) is 2. The number of hydrogen-bond donors (Lipinski definition) is 3. The minimum Gasteiger partial charge on any atom is -0.392 e. The van der Waals surface area contributed by atoms with Gasteiger partial charge in [-0.15, -0.1) is 0 Å². The van der Waals surface area contributed by atoms with Crippen LogP contribution in [0.5, 0.6) is 0 Å². The third-order valence-electron chi connectivity index (χ3n) is 4.26. The van der Waals surface area contributed by atoms with Crippen molar-refractivity contribution in [1.82, 2.24) is 15.0 Å². The maximum Gasteiger partial charge on any atom is 0.408 e. The van der Waals surface area contributed by atoms with Gasteiger partial charge in [-0.25, -0.2) is 4.39 Å². The largest absolute Gasteiger partial charge is 0.408 e. The van der Waals surface area contributed by atoms with Gasteiger partial charge in [0.25, 0.3) is 0 Å². The molecule has 0 amide bonds. The Bertz CT molecular complexity index is 709. The number of nitrogens with zero attached hydrogens (tertiary/aromatic N) is 3. The van der Waals surface area contributed by atoms with E-state index < -0.39 is 23.5 Å². The first-order chi connectivity index (χ1) is 12.4. The Kier molecular flexibility index (Phi) is 6.33. The third-order valence-corrected chi connectivity index (χ3v) is 4.26. The van der Waals surface area contributed by atoms with E-state index in [1.165, 1.54) is 14.8 Å². The van der Waals surface area contributed by atoms with Gasteiger partial charge < -0.3 is 15.7 Å². The molecule has 1 aliphatic carbocycles. The van der Waals surface area contributed by atoms with Gasteiger partial charge in [0.05, 0.1) is 5.50 Å². The Hall–Kier alpha value is -1.91. The molecule has 1 aromatic rings. The van der Waals surface area contributed by atoms with E-state index >= 15 is 0 Å². The Balaban J connectivity index is 2.49. The summed E-state index contributed by atoms with van der Waals surface area (Å²) in [5.74, 6) is -1.09. The van der Waals surface area contributed by atoms with Crippen molar-refractivity contribution < 1.29 is 22.7 Å². The molecule has 0 aromatic carbocycles. The summed E-state index contributed by atoms with van der Waals surface area (Å²) in [4.78, 5) is 12.1. The van der Waals surface area contributed by atoms with Gasteiger partial charge in [0.15, 0.2) is 13.7 Å². The lowest BCUT2D eigenvalue weighted by molar-refractivity contribution is -0.143. The molecule has 0 bridgehead atoms. The van der Waals surface area contributed by atoms with Gasteiger partial charge in [0, 0.05) is 11.6 Å². The van der Waals surface area contributed by atoms with Crippen LogP contribution in [0.4, 0.5) is 29.5 Å². The van der Waals surface area contributed by atoms with Gasteiger partial charge in [-0.05, 0) is 39.5 Å². The van der Waals surface area contributed by atoms with Crippen molar-refractivity contribution >= 4 is 25.3 Å². The number of aliphatic hydroxyl groups is 1. The van der Waals surface area contributed by atoms with Gasteiger partial charge in [-0.2, -0.15) is 28.1 Å². The molecule has 1 unspecified atom stereocenters. The first-order valence-electron chi connectivity index (χ1n) is 8.91. The SMILES string of the molecule is BC1(O)CCCC(c2nc(NC(C)C)nc(N[C@H](CC)C(F)(F)F)n2)=C1F. The number of halogens is 4. The van der Waals surface area contributed by atoms with E-state index in [1.54, 1.807) is 0 Å². The summed E-state index contributed by atoms with van der Waals surface area (Å²) in [5, 5.41) is 15.3. The second-order valence-corrected chi connectivity index (χ2v) is 7.17. The third kappa shape index (κ3) is 5.30. The number of aromatic nitrogens is 3. The van der Waals surface area contributed by atoms with Crippen molar-refractivity contribution in [2.24, 2.45) is 0 Å². The predicted octanol–water partition coefficient (Wildman–Crippen LogP) is 2.63. The van der Waals surface area contributed by atoms with Crippen molar-refractivity contribution in [2.45, 2.75) is 70.2 Å². The zero-order valence-electron chi connectivity index (χ0n) is 15.8. The first-order valence-corrected chi connectivity index (χ1v) is 8.91. The zero-order chi connectivity index (χ0) is 20.4. The van der Waals surface area contributed by atoms with Gasteiger partial charge in [0.1, 0.15) is 11.9 Å². The Labute approximate surface area is 156 Å². The molecule has 0 radical (unpaired) electrons. The second kappa shape index (κ2) is 7.99. The molecule has 3 N–H and O–H groups in total. The topological polar surface area (TPSA) is 83.0 Å². The number of anilines is 2. The average Bonchev–Trinajstić information content (AvgIpc) is 2.53. The summed E-state index contributed by atoms with van der Waals surface area (Å²) in [6.45, 7) is 5.01. The monoisotopic (exact) mass is 389 g/mol. The lowest BCUT2D eigenvalue weighted by Crippen LogP contribution is -2.36. The first kappa shape index (κ1) is 21.4. The molecule has 2 rings (SSSR count). The smallest absolute Gasteiger partial charge is 0.392 e. The minimum atomic E-state index is -4.48. The van der Waals surface area contributed by atoms with Crippen LogP contribution in [-0.4, -0.2) is 51.7 Å². The van der Waals surface area contributed by atoms with E-state index in [2.05, 4.69) is 25.6 Å². The molecular formula is C16H24BF4N5O. The van der Waals surface area contributed by atoms with Crippen molar-refractivity contribution in [3.8, 4) is 0 Å². The lowest BCUT2D eigenvalue weighted by atomic mass is 9.71. The molecule has 1 aliphatic rings. The molecule has 0 aliphatic heterocycles. The van der Waals surface area contributed by atoms with Crippen molar-refractivity contribution in [3.05, 3.63) is 11.7 Å². The molecule has 0 saturated carbocycles. The zero-order valence-corrected chi connectivity index (χ0v) is 15.8. The molecule has 6 nitrogen and oxygen atoms in total. The van der Waals surface area contributed by atoms with E-state index in [4.69, 9.17) is 0 Å². The highest BCUT2D eigenvalue weighted by atomic mass is 19.4. The van der Waals surface area contributed by atoms with Crippen LogP contribution in [0.15, 0.2) is 5.83 Å². The average molecular weight is 389 g/mol. The standard InChI is InChI=1S/C16H24BF4N5O/c1-4-10(16(19,20)21)23-14-25-12(24-13(26-14)22-8(2)3)9-6-5-7-15(17,27)11(9)18/h8,10,27H,4-7,17H2,1-3H3,(H2,22,23,24,25,26)/t10-,15?/m1/s1. The van der Waals surface area contributed by atoms with Crippen LogP contribution < -0.4 is 10.6 Å². The molecule has 0 saturated heterocycles. The fraction of sp³-hybridized carbons (Fsp3) is 0.688. The van der Waals surface area contributed by atoms with Crippen molar-refractivity contribution in [3.63, 3.8) is 0 Å². The quantitative estimate of drug-likeness (QED) is 0.513. The summed E-state index contributed by atoms with van der Waals surface area (Å²) in [6, 6.07) is -1.93. The maximum absolute atomic E-state index is 14.7. The fourth-order valence-electron chi connectivity index (χ4n) is 2.83. The highest BCUT2D eigenvalue weighted by molar-refractivity contribution is 6.17. The van der Waals surface area contributed by atoms with Crippen LogP contribution in [0.3, 0.4) is 0 Å². The molecule has 150 valence electrons. The molecule has 27 heavy (non-hydrogen) atoms. The Morgan fingerprint density at radius 2 is 1.78 bits per heavy atom. The number of allylic oxidation sites excluding steroid dienone is 1. The summed E-state index contributed by atoms with van der Waals surface area (Å²) in [6.07, 6.45) is -3.66. The predicted molar refractivity (Wildman–Crippen MR) is 97.7 cm³/mol. The summed E-state index contributed by atoms with van der Waals surface area (Å²) < 4.78 is 53.9. The van der Waals surface area contributed by atoms with Crippen LogP contribution in [0, 0.1) is 0 Å². The van der Waals surface area contributed by atoms with Crippen molar-refractivity contribution in [2.75, 3.05) is 10.6 Å². The van der Waals surface area contributed by atoms with Gasteiger partial charge in [0.2, 0.25) is 11.9 Å². The van der Waals surface area contributed by atoms with Gasteiger partial charge in [-0.1, -0.05) is 6.92 Å². The van der Waals surface area contributed by atoms with Crippen LogP contribution in [-0.2, 0) is 0 Å². The van der Waals surface area contributed by atoms with Crippen LogP contribution >= 0.6 is 0 Å². The molecule has 1 heterocycles. The van der Waals surface area contributed by atoms with E-state index in [0.717, 1.165) is 0 Å². The number of hydrogen-bond acceptors (Lipinski definition) is 6. The lowest BCUT2D eigenvalue weighted by Gasteiger charge is -2.28. The summed E-state index contributed by atoms with van der Waals surface area (Å²) in [7, 11) is 1.35. The second-order valence-electron chi connectivity index (χ2n) is 7.17. The van der Waals surface area contributed by atoms with Crippen molar-refractivity contribution in [1.29, 1.82) is 0 Å². The molecule has 1 aromatic heterocycles. The molecule has 0 spiro atoms. The normalized spacial score (nSPS) is 22.1. The highest BCUT2D eigenvalue weighted by Gasteiger charge is 2.39. The maximum atomic E-state index is 14.7. The number of alkyl halides is 3. The van der Waals surface area contributed by atoms with E-state index in [0.29, 0.717) is 6.42 Å². The Morgan fingerprint density at radius 1 is 1.19 bits per heavy atom. The molecular weight excluding hydrogens is 365 g/mol. The summed E-state index contributed by atoms with van der Waals surface area (Å²) >= 11 is 0. The summed E-state index contributed by atoms with van der Waals surface area (Å²) in [5.41, 5.74) is -1.55. The highest BCUT2D eigenvalue weighted by Crippen LogP contribution is 2.37. The Morgan fingerprint density at radius 3 is 2.30 bits per heavy atom. The van der Waals surface area contributed by atoms with Crippen LogP contribution in [0.25, 0.3) is 5.57 Å². The molecule has 11 heteroatoms. The van der Waals surface area contributed by atoms with Crippen LogP contribution in [0.1, 0.15) is 52.3 Å².